The normalized spacial score (nSPS) is 10.8. The maximum absolute atomic E-state index is 12.2. The highest BCUT2D eigenvalue weighted by atomic mass is 35.5. The number of phenolic OH excluding ortho intramolecular Hbond substituents is 1. The number of carbonyl (C=O) groups excluding carboxylic acids is 1. The first-order valence-corrected chi connectivity index (χ1v) is 6.82. The first-order chi connectivity index (χ1) is 10.0. The molecule has 0 saturated carbocycles. The summed E-state index contributed by atoms with van der Waals surface area (Å²) in [4.78, 5) is 12.2. The lowest BCUT2D eigenvalue weighted by Crippen LogP contribution is -1.99. The van der Waals surface area contributed by atoms with Crippen molar-refractivity contribution in [3.8, 4) is 11.5 Å². The van der Waals surface area contributed by atoms with Crippen LogP contribution in [0.1, 0.15) is 15.9 Å². The molecule has 0 aliphatic heterocycles. The lowest BCUT2D eigenvalue weighted by Gasteiger charge is -2.07. The summed E-state index contributed by atoms with van der Waals surface area (Å²) in [5, 5.41) is 10.7. The summed E-state index contributed by atoms with van der Waals surface area (Å²) in [6.07, 6.45) is 2.81. The molecule has 0 saturated heterocycles. The van der Waals surface area contributed by atoms with Crippen molar-refractivity contribution in [2.45, 2.75) is 0 Å². The molecule has 0 atom stereocenters. The van der Waals surface area contributed by atoms with E-state index in [4.69, 9.17) is 27.9 Å². The Morgan fingerprint density at radius 1 is 1.14 bits per heavy atom. The highest BCUT2D eigenvalue weighted by Gasteiger charge is 2.14. The van der Waals surface area contributed by atoms with E-state index in [1.807, 2.05) is 0 Å². The summed E-state index contributed by atoms with van der Waals surface area (Å²) < 4.78 is 5.08. The first-order valence-electron chi connectivity index (χ1n) is 6.07. The first kappa shape index (κ1) is 15.4. The van der Waals surface area contributed by atoms with Crippen LogP contribution in [0.5, 0.6) is 11.5 Å². The number of phenols is 1. The maximum atomic E-state index is 12.2. The number of ketones is 1. The van der Waals surface area contributed by atoms with E-state index in [0.717, 1.165) is 0 Å². The average Bonchev–Trinajstić information content (AvgIpc) is 2.46. The average molecular weight is 323 g/mol. The van der Waals surface area contributed by atoms with Gasteiger partial charge in [-0.15, -0.1) is 0 Å². The molecule has 21 heavy (non-hydrogen) atoms. The van der Waals surface area contributed by atoms with Crippen molar-refractivity contribution in [1.29, 1.82) is 0 Å². The zero-order valence-corrected chi connectivity index (χ0v) is 12.7. The van der Waals surface area contributed by atoms with Gasteiger partial charge >= 0.3 is 0 Å². The van der Waals surface area contributed by atoms with Crippen LogP contribution >= 0.6 is 23.2 Å². The second kappa shape index (κ2) is 6.66. The quantitative estimate of drug-likeness (QED) is 0.660. The van der Waals surface area contributed by atoms with Gasteiger partial charge in [-0.1, -0.05) is 35.3 Å². The van der Waals surface area contributed by atoms with Gasteiger partial charge in [0.2, 0.25) is 0 Å². The molecule has 0 aliphatic rings. The van der Waals surface area contributed by atoms with Gasteiger partial charge in [-0.2, -0.15) is 0 Å². The minimum absolute atomic E-state index is 0.0967. The van der Waals surface area contributed by atoms with Crippen molar-refractivity contribution in [3.63, 3.8) is 0 Å². The van der Waals surface area contributed by atoms with Crippen LogP contribution in [0.3, 0.4) is 0 Å². The summed E-state index contributed by atoms with van der Waals surface area (Å²) in [5.74, 6) is -0.245. The highest BCUT2D eigenvalue weighted by Crippen LogP contribution is 2.29. The zero-order chi connectivity index (χ0) is 15.4. The fourth-order valence-electron chi connectivity index (χ4n) is 1.85. The van der Waals surface area contributed by atoms with Gasteiger partial charge in [0.25, 0.3) is 0 Å². The van der Waals surface area contributed by atoms with Gasteiger partial charge in [-0.05, 0) is 36.4 Å². The summed E-state index contributed by atoms with van der Waals surface area (Å²) in [5.41, 5.74) is 0.642. The number of aromatic hydroxyl groups is 1. The van der Waals surface area contributed by atoms with Crippen molar-refractivity contribution in [3.05, 3.63) is 63.6 Å². The molecule has 0 aromatic heterocycles. The lowest BCUT2D eigenvalue weighted by molar-refractivity contribution is 0.104. The Morgan fingerprint density at radius 3 is 2.38 bits per heavy atom. The van der Waals surface area contributed by atoms with Crippen LogP contribution in [0.25, 0.3) is 6.08 Å². The second-order valence-electron chi connectivity index (χ2n) is 4.19. The Balaban J connectivity index is 2.37. The molecule has 0 radical (unpaired) electrons. The predicted molar refractivity (Wildman–Crippen MR) is 84.5 cm³/mol. The number of benzene rings is 2. The number of ether oxygens (including phenoxy) is 1. The number of carbonyl (C=O) groups is 1. The Labute approximate surface area is 132 Å². The molecule has 0 fully saturated rings. The van der Waals surface area contributed by atoms with E-state index in [1.165, 1.54) is 25.3 Å². The molecule has 3 nitrogen and oxygen atoms in total. The number of rotatable bonds is 4. The van der Waals surface area contributed by atoms with E-state index in [2.05, 4.69) is 0 Å². The van der Waals surface area contributed by atoms with Gasteiger partial charge in [0.1, 0.15) is 17.1 Å². The van der Waals surface area contributed by atoms with Crippen LogP contribution in [0.2, 0.25) is 10.0 Å². The summed E-state index contributed by atoms with van der Waals surface area (Å²) in [6, 6.07) is 9.70. The Hall–Kier alpha value is -1.97. The second-order valence-corrected chi connectivity index (χ2v) is 5.00. The Bertz CT molecular complexity index is 688. The molecule has 2 rings (SSSR count). The molecule has 0 heterocycles. The SMILES string of the molecule is COc1cccc(O)c1C(=O)/C=C/c1c(Cl)cccc1Cl. The Kier molecular flexibility index (Phi) is 4.89. The van der Waals surface area contributed by atoms with Gasteiger partial charge < -0.3 is 9.84 Å². The summed E-state index contributed by atoms with van der Waals surface area (Å²) in [6.45, 7) is 0. The molecule has 2 aromatic rings. The van der Waals surface area contributed by atoms with Crippen LogP contribution in [0.15, 0.2) is 42.5 Å². The largest absolute Gasteiger partial charge is 0.507 e. The molecule has 2 aromatic carbocycles. The third-order valence-electron chi connectivity index (χ3n) is 2.87. The van der Waals surface area contributed by atoms with Gasteiger partial charge in [-0.3, -0.25) is 4.79 Å². The van der Waals surface area contributed by atoms with Crippen molar-refractivity contribution in [2.24, 2.45) is 0 Å². The minimum Gasteiger partial charge on any atom is -0.507 e. The van der Waals surface area contributed by atoms with Crippen molar-refractivity contribution >= 4 is 35.1 Å². The molecule has 0 spiro atoms. The van der Waals surface area contributed by atoms with Crippen LogP contribution in [0, 0.1) is 0 Å². The highest BCUT2D eigenvalue weighted by molar-refractivity contribution is 6.37. The molecule has 0 amide bonds. The minimum atomic E-state index is -0.402. The number of halogens is 2. The lowest BCUT2D eigenvalue weighted by atomic mass is 10.1. The maximum Gasteiger partial charge on any atom is 0.193 e. The fourth-order valence-corrected chi connectivity index (χ4v) is 2.37. The molecular formula is C16H12Cl2O3. The molecular weight excluding hydrogens is 311 g/mol. The van der Waals surface area contributed by atoms with E-state index in [1.54, 1.807) is 30.3 Å². The molecule has 0 bridgehead atoms. The molecule has 0 unspecified atom stereocenters. The van der Waals surface area contributed by atoms with E-state index in [-0.39, 0.29) is 11.3 Å². The summed E-state index contributed by atoms with van der Waals surface area (Å²) >= 11 is 12.1. The van der Waals surface area contributed by atoms with Crippen molar-refractivity contribution in [1.82, 2.24) is 0 Å². The molecule has 108 valence electrons. The molecule has 1 N–H and O–H groups in total. The van der Waals surface area contributed by atoms with E-state index in [9.17, 15) is 9.90 Å². The van der Waals surface area contributed by atoms with E-state index < -0.39 is 5.78 Å². The van der Waals surface area contributed by atoms with Crippen molar-refractivity contribution < 1.29 is 14.6 Å². The van der Waals surface area contributed by atoms with Gasteiger partial charge in [0, 0.05) is 15.6 Å². The Morgan fingerprint density at radius 2 is 1.76 bits per heavy atom. The van der Waals surface area contributed by atoms with Gasteiger partial charge in [-0.25, -0.2) is 0 Å². The van der Waals surface area contributed by atoms with Gasteiger partial charge in [0.05, 0.1) is 7.11 Å². The van der Waals surface area contributed by atoms with Crippen molar-refractivity contribution in [2.75, 3.05) is 7.11 Å². The number of methoxy groups -OCH3 is 1. The van der Waals surface area contributed by atoms with Crippen LogP contribution in [-0.2, 0) is 0 Å². The topological polar surface area (TPSA) is 46.5 Å². The predicted octanol–water partition coefficient (Wildman–Crippen LogP) is 4.60. The fraction of sp³-hybridized carbons (Fsp3) is 0.0625. The van der Waals surface area contributed by atoms with E-state index in [0.29, 0.717) is 21.4 Å². The number of hydrogen-bond acceptors (Lipinski definition) is 3. The standard InChI is InChI=1S/C16H12Cl2O3/c1-21-15-7-3-6-13(19)16(15)14(20)9-8-10-11(17)4-2-5-12(10)18/h2-9,19H,1H3/b9-8+. The third-order valence-corrected chi connectivity index (χ3v) is 3.53. The zero-order valence-electron chi connectivity index (χ0n) is 11.1. The number of hydrogen-bond donors (Lipinski definition) is 1. The van der Waals surface area contributed by atoms with Crippen LogP contribution in [0.4, 0.5) is 0 Å². The van der Waals surface area contributed by atoms with E-state index >= 15 is 0 Å². The summed E-state index contributed by atoms with van der Waals surface area (Å²) in [7, 11) is 1.43. The molecule has 5 heteroatoms. The number of allylic oxidation sites excluding steroid dienone is 1. The van der Waals surface area contributed by atoms with Gasteiger partial charge in [0.15, 0.2) is 5.78 Å². The molecule has 0 aliphatic carbocycles. The third kappa shape index (κ3) is 3.38. The monoisotopic (exact) mass is 322 g/mol. The van der Waals surface area contributed by atoms with Crippen LogP contribution < -0.4 is 4.74 Å². The smallest absolute Gasteiger partial charge is 0.193 e. The van der Waals surface area contributed by atoms with Crippen LogP contribution in [-0.4, -0.2) is 18.0 Å².